The molecule has 2 nitrogen and oxygen atoms in total. The van der Waals surface area contributed by atoms with Crippen molar-refractivity contribution < 1.29 is 4.39 Å². The van der Waals surface area contributed by atoms with E-state index in [0.29, 0.717) is 4.90 Å². The summed E-state index contributed by atoms with van der Waals surface area (Å²) in [5.41, 5.74) is 0. The van der Waals surface area contributed by atoms with Gasteiger partial charge in [0.1, 0.15) is 10.8 Å². The van der Waals surface area contributed by atoms with Crippen LogP contribution in [-0.4, -0.2) is 10.2 Å². The fraction of sp³-hybridized carbons (Fsp3) is 0.111. The van der Waals surface area contributed by atoms with E-state index in [1.165, 1.54) is 39.0 Å². The third-order valence-corrected chi connectivity index (χ3v) is 5.08. The van der Waals surface area contributed by atoms with Gasteiger partial charge in [0.05, 0.1) is 4.90 Å². The van der Waals surface area contributed by atoms with Crippen molar-refractivity contribution in [2.24, 2.45) is 0 Å². The molecular formula is C9H7FN2S3. The molecule has 0 atom stereocenters. The highest BCUT2D eigenvalue weighted by Gasteiger charge is 2.05. The minimum absolute atomic E-state index is 0.198. The third kappa shape index (κ3) is 2.93. The Hall–Kier alpha value is -0.590. The summed E-state index contributed by atoms with van der Waals surface area (Å²) < 4.78 is 14.1. The fourth-order valence-electron chi connectivity index (χ4n) is 0.905. The van der Waals surface area contributed by atoms with Crippen molar-refractivity contribution in [2.45, 2.75) is 16.2 Å². The van der Waals surface area contributed by atoms with Gasteiger partial charge in [0, 0.05) is 0 Å². The Morgan fingerprint density at radius 2 is 2.00 bits per heavy atom. The summed E-state index contributed by atoms with van der Waals surface area (Å²) in [6, 6.07) is 6.70. The Morgan fingerprint density at radius 3 is 2.67 bits per heavy atom. The summed E-state index contributed by atoms with van der Waals surface area (Å²) >= 11 is 1.51. The molecule has 0 fully saturated rings. The van der Waals surface area contributed by atoms with Gasteiger partial charge in [0.15, 0.2) is 4.34 Å². The van der Waals surface area contributed by atoms with Crippen molar-refractivity contribution in [2.75, 3.05) is 0 Å². The molecule has 0 aliphatic heterocycles. The zero-order valence-corrected chi connectivity index (χ0v) is 10.3. The molecule has 0 aliphatic carbocycles. The highest BCUT2D eigenvalue weighted by Crippen LogP contribution is 2.39. The minimum Gasteiger partial charge on any atom is -0.206 e. The van der Waals surface area contributed by atoms with Gasteiger partial charge in [-0.1, -0.05) is 23.5 Å². The predicted molar refractivity (Wildman–Crippen MR) is 62.8 cm³/mol. The second kappa shape index (κ2) is 4.96. The maximum Gasteiger partial charge on any atom is 0.185 e. The minimum atomic E-state index is -0.198. The summed E-state index contributed by atoms with van der Waals surface area (Å²) in [7, 11) is 2.79. The molecule has 0 unspecified atom stereocenters. The number of hydrogen-bond acceptors (Lipinski definition) is 5. The second-order valence-corrected chi connectivity index (χ2v) is 6.28. The Balaban J connectivity index is 2.02. The van der Waals surface area contributed by atoms with E-state index in [4.69, 9.17) is 0 Å². The zero-order valence-electron chi connectivity index (χ0n) is 7.81. The van der Waals surface area contributed by atoms with E-state index >= 15 is 0 Å². The zero-order chi connectivity index (χ0) is 10.7. The number of hydrogen-bond donors (Lipinski definition) is 0. The van der Waals surface area contributed by atoms with Crippen molar-refractivity contribution in [1.82, 2.24) is 10.2 Å². The largest absolute Gasteiger partial charge is 0.206 e. The molecule has 1 aromatic heterocycles. The maximum absolute atomic E-state index is 13.2. The SMILES string of the molecule is Cc1nnc(SSc2ccccc2F)s1. The first-order chi connectivity index (χ1) is 7.25. The summed E-state index contributed by atoms with van der Waals surface area (Å²) in [4.78, 5) is 0.621. The van der Waals surface area contributed by atoms with Crippen LogP contribution in [0.4, 0.5) is 4.39 Å². The number of benzene rings is 1. The summed E-state index contributed by atoms with van der Waals surface area (Å²) in [6.07, 6.45) is 0. The molecule has 1 heterocycles. The highest BCUT2D eigenvalue weighted by molar-refractivity contribution is 8.77. The smallest absolute Gasteiger partial charge is 0.185 e. The number of aromatic nitrogens is 2. The molecule has 0 radical (unpaired) electrons. The molecule has 0 spiro atoms. The average molecular weight is 258 g/mol. The quantitative estimate of drug-likeness (QED) is 0.782. The van der Waals surface area contributed by atoms with Crippen LogP contribution in [0.2, 0.25) is 0 Å². The van der Waals surface area contributed by atoms with Crippen LogP contribution in [0.3, 0.4) is 0 Å². The van der Waals surface area contributed by atoms with E-state index in [0.717, 1.165) is 9.35 Å². The van der Waals surface area contributed by atoms with Crippen LogP contribution >= 0.6 is 32.9 Å². The van der Waals surface area contributed by atoms with Crippen molar-refractivity contribution in [3.05, 3.63) is 35.1 Å². The summed E-state index contributed by atoms with van der Waals surface area (Å²) in [6.45, 7) is 1.90. The molecule has 0 bridgehead atoms. The van der Waals surface area contributed by atoms with Gasteiger partial charge in [-0.3, -0.25) is 0 Å². The lowest BCUT2D eigenvalue weighted by Crippen LogP contribution is -1.76. The van der Waals surface area contributed by atoms with Gasteiger partial charge in [-0.15, -0.1) is 10.2 Å². The monoisotopic (exact) mass is 258 g/mol. The van der Waals surface area contributed by atoms with E-state index in [9.17, 15) is 4.39 Å². The van der Waals surface area contributed by atoms with Crippen molar-refractivity contribution >= 4 is 32.9 Å². The van der Waals surface area contributed by atoms with Crippen molar-refractivity contribution in [1.29, 1.82) is 0 Å². The Bertz CT molecular complexity index is 458. The molecule has 2 aromatic rings. The molecule has 78 valence electrons. The number of halogens is 1. The molecule has 1 aromatic carbocycles. The average Bonchev–Trinajstić information content (AvgIpc) is 2.63. The van der Waals surface area contributed by atoms with Crippen LogP contribution in [0.15, 0.2) is 33.5 Å². The lowest BCUT2D eigenvalue weighted by atomic mass is 10.4. The van der Waals surface area contributed by atoms with Gasteiger partial charge in [-0.05, 0) is 40.6 Å². The normalized spacial score (nSPS) is 10.5. The van der Waals surface area contributed by atoms with Crippen molar-refractivity contribution in [3.8, 4) is 0 Å². The number of nitrogens with zero attached hydrogens (tertiary/aromatic N) is 2. The Labute approximate surface area is 98.7 Å². The molecule has 2 rings (SSSR count). The first kappa shape index (κ1) is 10.9. The van der Waals surface area contributed by atoms with E-state index in [2.05, 4.69) is 10.2 Å². The number of aryl methyl sites for hydroxylation is 1. The Morgan fingerprint density at radius 1 is 1.20 bits per heavy atom. The van der Waals surface area contributed by atoms with Crippen LogP contribution in [0.25, 0.3) is 0 Å². The maximum atomic E-state index is 13.2. The summed E-state index contributed by atoms with van der Waals surface area (Å²) in [5.74, 6) is -0.198. The standard InChI is InChI=1S/C9H7FN2S3/c1-6-11-12-9(13-6)15-14-8-5-3-2-4-7(8)10/h2-5H,1H3. The molecule has 0 amide bonds. The molecule has 6 heteroatoms. The molecule has 0 N–H and O–H groups in total. The summed E-state index contributed by atoms with van der Waals surface area (Å²) in [5, 5.41) is 8.76. The van der Waals surface area contributed by atoms with Crippen LogP contribution in [0, 0.1) is 12.7 Å². The second-order valence-electron chi connectivity index (χ2n) is 2.68. The van der Waals surface area contributed by atoms with E-state index in [1.54, 1.807) is 12.1 Å². The Kier molecular flexibility index (Phi) is 3.61. The first-order valence-electron chi connectivity index (χ1n) is 4.15. The van der Waals surface area contributed by atoms with Gasteiger partial charge in [-0.25, -0.2) is 4.39 Å². The molecule has 0 saturated carbocycles. The number of rotatable bonds is 3. The molecule has 15 heavy (non-hydrogen) atoms. The predicted octanol–water partition coefficient (Wildman–Crippen LogP) is 3.79. The van der Waals surface area contributed by atoms with E-state index in [1.807, 2.05) is 13.0 Å². The van der Waals surface area contributed by atoms with Crippen LogP contribution < -0.4 is 0 Å². The van der Waals surface area contributed by atoms with E-state index < -0.39 is 0 Å². The van der Waals surface area contributed by atoms with Crippen LogP contribution in [0.1, 0.15) is 5.01 Å². The topological polar surface area (TPSA) is 25.8 Å². The van der Waals surface area contributed by atoms with Crippen LogP contribution in [-0.2, 0) is 0 Å². The first-order valence-corrected chi connectivity index (χ1v) is 7.11. The van der Waals surface area contributed by atoms with Gasteiger partial charge in [-0.2, -0.15) is 0 Å². The van der Waals surface area contributed by atoms with Gasteiger partial charge in [0.25, 0.3) is 0 Å². The van der Waals surface area contributed by atoms with Gasteiger partial charge in [0.2, 0.25) is 0 Å². The van der Waals surface area contributed by atoms with E-state index in [-0.39, 0.29) is 5.82 Å². The lowest BCUT2D eigenvalue weighted by Gasteiger charge is -1.98. The highest BCUT2D eigenvalue weighted by atomic mass is 33.1. The molecule has 0 saturated heterocycles. The fourth-order valence-corrected chi connectivity index (χ4v) is 3.94. The van der Waals surface area contributed by atoms with Crippen molar-refractivity contribution in [3.63, 3.8) is 0 Å². The van der Waals surface area contributed by atoms with Crippen LogP contribution in [0.5, 0.6) is 0 Å². The lowest BCUT2D eigenvalue weighted by molar-refractivity contribution is 0.602. The third-order valence-electron chi connectivity index (χ3n) is 1.55. The molecular weight excluding hydrogens is 251 g/mol. The van der Waals surface area contributed by atoms with Gasteiger partial charge < -0.3 is 0 Å². The molecule has 0 aliphatic rings. The van der Waals surface area contributed by atoms with Gasteiger partial charge >= 0.3 is 0 Å².